The standard InChI is InChI=1S/C17H15ClF3N3O/c1-25-12-4-2-10(3-5-12)15-14(6-7-22)23-16-13(18)8-11(9-24(15)16)17(19,20)21/h2-5,8-9H,6-7,22H2,1H3. The third-order valence-electron chi connectivity index (χ3n) is 3.82. The molecule has 25 heavy (non-hydrogen) atoms. The molecule has 0 unspecified atom stereocenters. The summed E-state index contributed by atoms with van der Waals surface area (Å²) in [4.78, 5) is 4.40. The Bertz CT molecular complexity index is 904. The fourth-order valence-electron chi connectivity index (χ4n) is 2.67. The second-order valence-corrected chi connectivity index (χ2v) is 5.85. The van der Waals surface area contributed by atoms with E-state index in [1.807, 2.05) is 0 Å². The number of methoxy groups -OCH3 is 1. The van der Waals surface area contributed by atoms with Gasteiger partial charge in [0.05, 0.1) is 29.1 Å². The van der Waals surface area contributed by atoms with Gasteiger partial charge >= 0.3 is 6.18 Å². The molecule has 2 N–H and O–H groups in total. The minimum Gasteiger partial charge on any atom is -0.497 e. The number of imidazole rings is 1. The summed E-state index contributed by atoms with van der Waals surface area (Å²) in [6, 6.07) is 7.87. The van der Waals surface area contributed by atoms with Crippen molar-refractivity contribution in [3.8, 4) is 17.0 Å². The zero-order valence-corrected chi connectivity index (χ0v) is 14.0. The fraction of sp³-hybridized carbons (Fsp3) is 0.235. The molecule has 0 spiro atoms. The maximum atomic E-state index is 13.2. The van der Waals surface area contributed by atoms with E-state index in [4.69, 9.17) is 22.1 Å². The summed E-state index contributed by atoms with van der Waals surface area (Å²) in [5, 5.41) is -0.0622. The summed E-state index contributed by atoms with van der Waals surface area (Å²) in [6.07, 6.45) is -3.08. The van der Waals surface area contributed by atoms with E-state index in [9.17, 15) is 13.2 Å². The predicted octanol–water partition coefficient (Wildman–Crippen LogP) is 4.18. The SMILES string of the molecule is COc1ccc(-c2c(CCN)nc3c(Cl)cc(C(F)(F)F)cn23)cc1. The molecule has 1 aromatic carbocycles. The van der Waals surface area contributed by atoms with E-state index in [1.54, 1.807) is 31.4 Å². The predicted molar refractivity (Wildman–Crippen MR) is 90.0 cm³/mol. The quantitative estimate of drug-likeness (QED) is 0.750. The van der Waals surface area contributed by atoms with Crippen LogP contribution < -0.4 is 10.5 Å². The van der Waals surface area contributed by atoms with E-state index in [0.717, 1.165) is 12.3 Å². The fourth-order valence-corrected chi connectivity index (χ4v) is 2.92. The second-order valence-electron chi connectivity index (χ2n) is 5.44. The number of nitrogens with two attached hydrogens (primary N) is 1. The minimum atomic E-state index is -4.51. The summed E-state index contributed by atoms with van der Waals surface area (Å²) in [6.45, 7) is 0.316. The molecule has 4 nitrogen and oxygen atoms in total. The first-order chi connectivity index (χ1) is 11.8. The van der Waals surface area contributed by atoms with Gasteiger partial charge in [-0.3, -0.25) is 4.40 Å². The molecule has 0 radical (unpaired) electrons. The van der Waals surface area contributed by atoms with Crippen molar-refractivity contribution in [2.45, 2.75) is 12.6 Å². The Morgan fingerprint density at radius 2 is 1.92 bits per heavy atom. The van der Waals surface area contributed by atoms with Crippen molar-refractivity contribution < 1.29 is 17.9 Å². The maximum absolute atomic E-state index is 13.2. The summed E-state index contributed by atoms with van der Waals surface area (Å²) in [7, 11) is 1.54. The lowest BCUT2D eigenvalue weighted by molar-refractivity contribution is -0.137. The molecule has 0 aliphatic heterocycles. The first-order valence-corrected chi connectivity index (χ1v) is 7.85. The second kappa shape index (κ2) is 6.57. The van der Waals surface area contributed by atoms with Crippen LogP contribution in [0.25, 0.3) is 16.9 Å². The molecule has 132 valence electrons. The minimum absolute atomic E-state index is 0.0622. The van der Waals surface area contributed by atoms with Crippen LogP contribution >= 0.6 is 11.6 Å². The zero-order valence-electron chi connectivity index (χ0n) is 13.3. The van der Waals surface area contributed by atoms with Crippen LogP contribution in [0.5, 0.6) is 5.75 Å². The van der Waals surface area contributed by atoms with E-state index < -0.39 is 11.7 Å². The normalized spacial score (nSPS) is 11.9. The van der Waals surface area contributed by atoms with Crippen molar-refractivity contribution in [2.24, 2.45) is 5.73 Å². The highest BCUT2D eigenvalue weighted by Crippen LogP contribution is 2.35. The van der Waals surface area contributed by atoms with Crippen molar-refractivity contribution in [3.63, 3.8) is 0 Å². The number of pyridine rings is 1. The number of hydrogen-bond acceptors (Lipinski definition) is 3. The average Bonchev–Trinajstić information content (AvgIpc) is 2.93. The number of hydrogen-bond donors (Lipinski definition) is 1. The lowest BCUT2D eigenvalue weighted by Gasteiger charge is -2.11. The molecule has 0 bridgehead atoms. The van der Waals surface area contributed by atoms with Crippen LogP contribution in [0.1, 0.15) is 11.3 Å². The largest absolute Gasteiger partial charge is 0.497 e. The number of benzene rings is 1. The van der Waals surface area contributed by atoms with E-state index in [1.165, 1.54) is 4.40 Å². The summed E-state index contributed by atoms with van der Waals surface area (Å²) < 4.78 is 46.0. The molecule has 0 aliphatic rings. The number of alkyl halides is 3. The monoisotopic (exact) mass is 369 g/mol. The van der Waals surface area contributed by atoms with E-state index in [0.29, 0.717) is 35.7 Å². The van der Waals surface area contributed by atoms with Crippen molar-refractivity contribution in [3.05, 3.63) is 52.8 Å². The maximum Gasteiger partial charge on any atom is 0.417 e. The van der Waals surface area contributed by atoms with Gasteiger partial charge in [0, 0.05) is 18.2 Å². The Hall–Kier alpha value is -2.25. The van der Waals surface area contributed by atoms with Gasteiger partial charge in [0.1, 0.15) is 5.75 Å². The van der Waals surface area contributed by atoms with Crippen molar-refractivity contribution in [2.75, 3.05) is 13.7 Å². The van der Waals surface area contributed by atoms with Crippen LogP contribution in [0.4, 0.5) is 13.2 Å². The average molecular weight is 370 g/mol. The highest BCUT2D eigenvalue weighted by atomic mass is 35.5. The molecule has 0 amide bonds. The molecule has 2 aromatic heterocycles. The van der Waals surface area contributed by atoms with E-state index in [-0.39, 0.29) is 10.7 Å². The van der Waals surface area contributed by atoms with Crippen molar-refractivity contribution >= 4 is 17.2 Å². The van der Waals surface area contributed by atoms with Gasteiger partial charge in [0.2, 0.25) is 0 Å². The van der Waals surface area contributed by atoms with Gasteiger partial charge in [0.15, 0.2) is 5.65 Å². The Morgan fingerprint density at radius 1 is 1.24 bits per heavy atom. The zero-order chi connectivity index (χ0) is 18.2. The molecule has 8 heteroatoms. The van der Waals surface area contributed by atoms with Crippen LogP contribution in [0.2, 0.25) is 5.02 Å². The smallest absolute Gasteiger partial charge is 0.417 e. The van der Waals surface area contributed by atoms with Gasteiger partial charge in [-0.05, 0) is 36.9 Å². The third kappa shape index (κ3) is 3.29. The number of halogens is 4. The summed E-state index contributed by atoms with van der Waals surface area (Å²) >= 11 is 6.05. The van der Waals surface area contributed by atoms with Gasteiger partial charge in [-0.15, -0.1) is 0 Å². The highest BCUT2D eigenvalue weighted by Gasteiger charge is 2.32. The lowest BCUT2D eigenvalue weighted by Crippen LogP contribution is -2.07. The highest BCUT2D eigenvalue weighted by molar-refractivity contribution is 6.33. The molecule has 3 rings (SSSR count). The van der Waals surface area contributed by atoms with Crippen LogP contribution in [0.15, 0.2) is 36.5 Å². The van der Waals surface area contributed by atoms with Crippen molar-refractivity contribution in [1.82, 2.24) is 9.38 Å². The first kappa shape index (κ1) is 17.6. The van der Waals surface area contributed by atoms with E-state index in [2.05, 4.69) is 4.98 Å². The Balaban J connectivity index is 2.29. The molecular formula is C17H15ClF3N3O. The van der Waals surface area contributed by atoms with Gasteiger partial charge in [-0.25, -0.2) is 4.98 Å². The van der Waals surface area contributed by atoms with Crippen LogP contribution in [0.3, 0.4) is 0 Å². The molecule has 0 atom stereocenters. The van der Waals surface area contributed by atoms with Crippen LogP contribution in [-0.4, -0.2) is 23.0 Å². The molecular weight excluding hydrogens is 355 g/mol. The number of rotatable bonds is 4. The van der Waals surface area contributed by atoms with Gasteiger partial charge in [0.25, 0.3) is 0 Å². The molecule has 0 saturated carbocycles. The molecule has 2 heterocycles. The van der Waals surface area contributed by atoms with Gasteiger partial charge in [-0.1, -0.05) is 11.6 Å². The molecule has 0 aliphatic carbocycles. The van der Waals surface area contributed by atoms with Gasteiger partial charge < -0.3 is 10.5 Å². The van der Waals surface area contributed by atoms with Crippen LogP contribution in [0, 0.1) is 0 Å². The summed E-state index contributed by atoms with van der Waals surface area (Å²) in [5.41, 5.74) is 6.89. The number of aromatic nitrogens is 2. The third-order valence-corrected chi connectivity index (χ3v) is 4.10. The topological polar surface area (TPSA) is 52.5 Å². The Labute approximate surface area is 147 Å². The first-order valence-electron chi connectivity index (χ1n) is 7.47. The Kier molecular flexibility index (Phi) is 4.62. The van der Waals surface area contributed by atoms with E-state index >= 15 is 0 Å². The molecule has 0 saturated heterocycles. The Morgan fingerprint density at radius 3 is 2.48 bits per heavy atom. The van der Waals surface area contributed by atoms with Crippen LogP contribution in [-0.2, 0) is 12.6 Å². The number of ether oxygens (including phenoxy) is 1. The molecule has 3 aromatic rings. The van der Waals surface area contributed by atoms with Crippen molar-refractivity contribution in [1.29, 1.82) is 0 Å². The van der Waals surface area contributed by atoms with Gasteiger partial charge in [-0.2, -0.15) is 13.2 Å². The lowest BCUT2D eigenvalue weighted by atomic mass is 10.1. The summed E-state index contributed by atoms with van der Waals surface area (Å²) in [5.74, 6) is 0.645. The number of fused-ring (bicyclic) bond motifs is 1. The number of nitrogens with zero attached hydrogens (tertiary/aromatic N) is 2. The molecule has 0 fully saturated rings.